The quantitative estimate of drug-likeness (QED) is 0.819. The minimum absolute atomic E-state index is 0.0468. The molecule has 0 radical (unpaired) electrons. The standard InChI is InChI=1S/C19H23NO3/c1-3-23-18-10-9-17(12-16(18)13-21)20-19(22)11-14(2)15-7-5-4-6-8-15/h4-10,12,14,21H,3,11,13H2,1-2H3,(H,20,22). The molecule has 0 aliphatic heterocycles. The third kappa shape index (κ3) is 4.83. The monoisotopic (exact) mass is 313 g/mol. The summed E-state index contributed by atoms with van der Waals surface area (Å²) in [6.45, 7) is 4.33. The second-order valence-electron chi connectivity index (χ2n) is 5.48. The van der Waals surface area contributed by atoms with Gasteiger partial charge in [0.2, 0.25) is 5.91 Å². The van der Waals surface area contributed by atoms with Crippen LogP contribution in [0.4, 0.5) is 5.69 Å². The van der Waals surface area contributed by atoms with E-state index in [1.54, 1.807) is 18.2 Å². The fraction of sp³-hybridized carbons (Fsp3) is 0.316. The molecule has 0 aliphatic carbocycles. The Morgan fingerprint density at radius 2 is 1.96 bits per heavy atom. The van der Waals surface area contributed by atoms with Crippen LogP contribution in [0.1, 0.15) is 37.3 Å². The second-order valence-corrected chi connectivity index (χ2v) is 5.48. The Balaban J connectivity index is 2.00. The summed E-state index contributed by atoms with van der Waals surface area (Å²) >= 11 is 0. The van der Waals surface area contributed by atoms with Gasteiger partial charge in [0.25, 0.3) is 0 Å². The number of amides is 1. The summed E-state index contributed by atoms with van der Waals surface area (Å²) in [7, 11) is 0. The summed E-state index contributed by atoms with van der Waals surface area (Å²) < 4.78 is 5.44. The number of carbonyl (C=O) groups excluding carboxylic acids is 1. The van der Waals surface area contributed by atoms with Crippen LogP contribution in [0.5, 0.6) is 5.75 Å². The lowest BCUT2D eigenvalue weighted by molar-refractivity contribution is -0.116. The van der Waals surface area contributed by atoms with Gasteiger partial charge < -0.3 is 15.2 Å². The van der Waals surface area contributed by atoms with E-state index >= 15 is 0 Å². The van der Waals surface area contributed by atoms with Crippen LogP contribution < -0.4 is 10.1 Å². The van der Waals surface area contributed by atoms with Gasteiger partial charge in [-0.2, -0.15) is 0 Å². The zero-order valence-electron chi connectivity index (χ0n) is 13.6. The van der Waals surface area contributed by atoms with Gasteiger partial charge in [0.05, 0.1) is 13.2 Å². The second kappa shape index (κ2) is 8.34. The summed E-state index contributed by atoms with van der Waals surface area (Å²) in [6.07, 6.45) is 0.408. The largest absolute Gasteiger partial charge is 0.494 e. The van der Waals surface area contributed by atoms with Gasteiger partial charge >= 0.3 is 0 Å². The van der Waals surface area contributed by atoms with Crippen LogP contribution in [0.3, 0.4) is 0 Å². The fourth-order valence-electron chi connectivity index (χ4n) is 2.47. The average molecular weight is 313 g/mol. The first-order valence-electron chi connectivity index (χ1n) is 7.85. The summed E-state index contributed by atoms with van der Waals surface area (Å²) in [5.41, 5.74) is 2.48. The van der Waals surface area contributed by atoms with Crippen LogP contribution in [0.15, 0.2) is 48.5 Å². The van der Waals surface area contributed by atoms with Gasteiger partial charge in [0.15, 0.2) is 0 Å². The van der Waals surface area contributed by atoms with Gasteiger partial charge in [-0.15, -0.1) is 0 Å². The molecule has 0 fully saturated rings. The molecule has 2 aromatic carbocycles. The Hall–Kier alpha value is -2.33. The van der Waals surface area contributed by atoms with Gasteiger partial charge in [0.1, 0.15) is 5.75 Å². The molecular formula is C19H23NO3. The maximum atomic E-state index is 12.2. The van der Waals surface area contributed by atoms with Gasteiger partial charge in [0, 0.05) is 17.7 Å². The highest BCUT2D eigenvalue weighted by molar-refractivity contribution is 5.91. The van der Waals surface area contributed by atoms with Gasteiger partial charge in [-0.3, -0.25) is 4.79 Å². The highest BCUT2D eigenvalue weighted by Crippen LogP contribution is 2.24. The number of ether oxygens (including phenoxy) is 1. The average Bonchev–Trinajstić information content (AvgIpc) is 2.57. The maximum absolute atomic E-state index is 12.2. The van der Waals surface area contributed by atoms with E-state index < -0.39 is 0 Å². The van der Waals surface area contributed by atoms with Crippen molar-refractivity contribution in [2.45, 2.75) is 32.8 Å². The molecule has 0 aliphatic rings. The molecule has 2 N–H and O–H groups in total. The molecule has 4 nitrogen and oxygen atoms in total. The minimum Gasteiger partial charge on any atom is -0.494 e. The lowest BCUT2D eigenvalue weighted by atomic mass is 9.97. The number of benzene rings is 2. The summed E-state index contributed by atoms with van der Waals surface area (Å²) in [5, 5.41) is 12.3. The molecule has 2 aromatic rings. The Labute approximate surface area is 137 Å². The number of rotatable bonds is 7. The third-order valence-corrected chi connectivity index (χ3v) is 3.67. The first-order chi connectivity index (χ1) is 11.1. The molecule has 0 spiro atoms. The predicted molar refractivity (Wildman–Crippen MR) is 91.6 cm³/mol. The van der Waals surface area contributed by atoms with Crippen molar-refractivity contribution in [3.05, 3.63) is 59.7 Å². The van der Waals surface area contributed by atoms with E-state index in [0.717, 1.165) is 5.56 Å². The van der Waals surface area contributed by atoms with Crippen molar-refractivity contribution in [2.75, 3.05) is 11.9 Å². The first kappa shape index (κ1) is 17.0. The van der Waals surface area contributed by atoms with E-state index in [1.807, 2.05) is 44.2 Å². The SMILES string of the molecule is CCOc1ccc(NC(=O)CC(C)c2ccccc2)cc1CO. The Morgan fingerprint density at radius 1 is 1.22 bits per heavy atom. The smallest absolute Gasteiger partial charge is 0.224 e. The van der Waals surface area contributed by atoms with Crippen molar-refractivity contribution in [3.8, 4) is 5.75 Å². The molecule has 4 heteroatoms. The minimum atomic E-state index is -0.126. The lowest BCUT2D eigenvalue weighted by Crippen LogP contribution is -2.14. The molecule has 23 heavy (non-hydrogen) atoms. The Kier molecular flexibility index (Phi) is 6.18. The molecule has 0 saturated carbocycles. The predicted octanol–water partition coefficient (Wildman–Crippen LogP) is 3.71. The molecule has 0 heterocycles. The summed E-state index contributed by atoms with van der Waals surface area (Å²) in [6, 6.07) is 15.3. The number of carbonyl (C=O) groups is 1. The first-order valence-corrected chi connectivity index (χ1v) is 7.85. The van der Waals surface area contributed by atoms with Crippen LogP contribution >= 0.6 is 0 Å². The molecular weight excluding hydrogens is 290 g/mol. The van der Waals surface area contributed by atoms with Crippen molar-refractivity contribution in [3.63, 3.8) is 0 Å². The molecule has 2 rings (SSSR count). The van der Waals surface area contributed by atoms with Crippen LogP contribution in [0.25, 0.3) is 0 Å². The lowest BCUT2D eigenvalue weighted by Gasteiger charge is -2.14. The zero-order valence-corrected chi connectivity index (χ0v) is 13.6. The highest BCUT2D eigenvalue weighted by Gasteiger charge is 2.12. The molecule has 1 unspecified atom stereocenters. The molecule has 0 aromatic heterocycles. The Bertz CT molecular complexity index is 640. The number of hydrogen-bond donors (Lipinski definition) is 2. The van der Waals surface area contributed by atoms with E-state index in [-0.39, 0.29) is 18.4 Å². The molecule has 0 saturated heterocycles. The van der Waals surface area contributed by atoms with Crippen LogP contribution in [0, 0.1) is 0 Å². The number of anilines is 1. The van der Waals surface area contributed by atoms with E-state index in [1.165, 1.54) is 0 Å². The molecule has 122 valence electrons. The topological polar surface area (TPSA) is 58.6 Å². The summed E-state index contributed by atoms with van der Waals surface area (Å²) in [5.74, 6) is 0.747. The highest BCUT2D eigenvalue weighted by atomic mass is 16.5. The van der Waals surface area contributed by atoms with Crippen molar-refractivity contribution in [1.82, 2.24) is 0 Å². The third-order valence-electron chi connectivity index (χ3n) is 3.67. The molecule has 1 amide bonds. The van der Waals surface area contributed by atoms with Gasteiger partial charge in [-0.05, 0) is 36.6 Å². The molecule has 1 atom stereocenters. The van der Waals surface area contributed by atoms with E-state index in [4.69, 9.17) is 4.74 Å². The van der Waals surface area contributed by atoms with Crippen molar-refractivity contribution in [2.24, 2.45) is 0 Å². The zero-order chi connectivity index (χ0) is 16.7. The van der Waals surface area contributed by atoms with Crippen LogP contribution in [-0.4, -0.2) is 17.6 Å². The number of aliphatic hydroxyl groups is 1. The van der Waals surface area contributed by atoms with E-state index in [9.17, 15) is 9.90 Å². The Morgan fingerprint density at radius 3 is 2.61 bits per heavy atom. The van der Waals surface area contributed by atoms with Crippen molar-refractivity contribution in [1.29, 1.82) is 0 Å². The molecule has 0 bridgehead atoms. The number of hydrogen-bond acceptors (Lipinski definition) is 3. The van der Waals surface area contributed by atoms with Gasteiger partial charge in [-0.1, -0.05) is 37.3 Å². The number of nitrogens with one attached hydrogen (secondary N) is 1. The van der Waals surface area contributed by atoms with E-state index in [2.05, 4.69) is 5.32 Å². The van der Waals surface area contributed by atoms with Crippen LogP contribution in [0.2, 0.25) is 0 Å². The number of aliphatic hydroxyl groups excluding tert-OH is 1. The fourth-order valence-corrected chi connectivity index (χ4v) is 2.47. The van der Waals surface area contributed by atoms with Crippen molar-refractivity contribution >= 4 is 11.6 Å². The summed E-state index contributed by atoms with van der Waals surface area (Å²) in [4.78, 5) is 12.2. The van der Waals surface area contributed by atoms with E-state index in [0.29, 0.717) is 30.0 Å². The normalized spacial score (nSPS) is 11.8. The van der Waals surface area contributed by atoms with Crippen LogP contribution in [-0.2, 0) is 11.4 Å². The van der Waals surface area contributed by atoms with Gasteiger partial charge in [-0.25, -0.2) is 0 Å². The maximum Gasteiger partial charge on any atom is 0.224 e. The van der Waals surface area contributed by atoms with Crippen molar-refractivity contribution < 1.29 is 14.6 Å².